The standard InChI is InChI=1S/C20H25ClO7/c1-13(22)26-12-17-18(24)19(27-14(2)23)16(11-21)20(28-17)25-10-6-9-15-7-4-3-5-8-15/h3-5,7-8,11,17-20,24H,6,9-10,12H2,1-2H3/b16-11-/t17?,18-,19?,20+/m1/s1. The number of esters is 2. The first-order valence-electron chi connectivity index (χ1n) is 9.02. The Morgan fingerprint density at radius 3 is 2.54 bits per heavy atom. The largest absolute Gasteiger partial charge is 0.463 e. The lowest BCUT2D eigenvalue weighted by Crippen LogP contribution is -2.54. The number of aryl methyl sites for hydroxylation is 1. The Balaban J connectivity index is 2.01. The predicted octanol–water partition coefficient (Wildman–Crippen LogP) is 2.34. The molecule has 0 radical (unpaired) electrons. The second kappa shape index (κ2) is 11.2. The van der Waals surface area contributed by atoms with Crippen LogP contribution in [-0.2, 0) is 35.0 Å². The molecule has 0 aromatic heterocycles. The number of carbonyl (C=O) groups is 2. The quantitative estimate of drug-likeness (QED) is 0.517. The summed E-state index contributed by atoms with van der Waals surface area (Å²) in [5, 5.41) is 10.5. The summed E-state index contributed by atoms with van der Waals surface area (Å²) in [6.07, 6.45) is -2.61. The third-order valence-corrected chi connectivity index (χ3v) is 4.43. The van der Waals surface area contributed by atoms with Crippen LogP contribution in [0.1, 0.15) is 25.8 Å². The topological polar surface area (TPSA) is 91.3 Å². The molecule has 8 heteroatoms. The van der Waals surface area contributed by atoms with Gasteiger partial charge in [-0.3, -0.25) is 9.59 Å². The van der Waals surface area contributed by atoms with Crippen molar-refractivity contribution in [3.8, 4) is 0 Å². The SMILES string of the molecule is CC(=O)OCC1O[C@H](OCCCc2ccccc2)/C(=C\Cl)C(OC(C)=O)[C@@H]1O. The van der Waals surface area contributed by atoms with Crippen LogP contribution in [0.3, 0.4) is 0 Å². The van der Waals surface area contributed by atoms with Crippen LogP contribution in [0.25, 0.3) is 0 Å². The van der Waals surface area contributed by atoms with E-state index in [0.717, 1.165) is 12.8 Å². The highest BCUT2D eigenvalue weighted by atomic mass is 35.5. The molecular formula is C20H25ClO7. The highest BCUT2D eigenvalue weighted by Crippen LogP contribution is 2.30. The van der Waals surface area contributed by atoms with Gasteiger partial charge in [0.2, 0.25) is 0 Å². The first-order valence-corrected chi connectivity index (χ1v) is 9.45. The summed E-state index contributed by atoms with van der Waals surface area (Å²) in [7, 11) is 0. The molecule has 1 aliphatic rings. The monoisotopic (exact) mass is 412 g/mol. The van der Waals surface area contributed by atoms with Gasteiger partial charge >= 0.3 is 11.9 Å². The normalized spacial score (nSPS) is 26.1. The zero-order chi connectivity index (χ0) is 20.5. The van der Waals surface area contributed by atoms with Gasteiger partial charge in [-0.1, -0.05) is 41.9 Å². The fourth-order valence-corrected chi connectivity index (χ4v) is 3.09. The summed E-state index contributed by atoms with van der Waals surface area (Å²) in [5.41, 5.74) is 2.66. The lowest BCUT2D eigenvalue weighted by molar-refractivity contribution is -0.233. The van der Waals surface area contributed by atoms with Crippen LogP contribution in [-0.4, -0.2) is 54.9 Å². The number of aliphatic hydroxyl groups excluding tert-OH is 1. The van der Waals surface area contributed by atoms with Crippen molar-refractivity contribution in [1.29, 1.82) is 0 Å². The molecule has 0 spiro atoms. The van der Waals surface area contributed by atoms with E-state index in [1.165, 1.54) is 24.9 Å². The molecule has 0 bridgehead atoms. The maximum Gasteiger partial charge on any atom is 0.303 e. The molecule has 0 saturated carbocycles. The maximum absolute atomic E-state index is 11.4. The van der Waals surface area contributed by atoms with Crippen molar-refractivity contribution in [2.24, 2.45) is 0 Å². The van der Waals surface area contributed by atoms with E-state index in [2.05, 4.69) is 0 Å². The lowest BCUT2D eigenvalue weighted by Gasteiger charge is -2.39. The number of hydrogen-bond acceptors (Lipinski definition) is 7. The van der Waals surface area contributed by atoms with Gasteiger partial charge < -0.3 is 24.1 Å². The molecule has 7 nitrogen and oxygen atoms in total. The highest BCUT2D eigenvalue weighted by Gasteiger charge is 2.44. The van der Waals surface area contributed by atoms with Crippen molar-refractivity contribution in [3.63, 3.8) is 0 Å². The van der Waals surface area contributed by atoms with Crippen molar-refractivity contribution in [3.05, 3.63) is 47.0 Å². The Morgan fingerprint density at radius 1 is 1.21 bits per heavy atom. The van der Waals surface area contributed by atoms with Crippen molar-refractivity contribution in [2.45, 2.75) is 51.3 Å². The number of rotatable bonds is 8. The van der Waals surface area contributed by atoms with E-state index >= 15 is 0 Å². The van der Waals surface area contributed by atoms with Gasteiger partial charge in [0.05, 0.1) is 6.61 Å². The average molecular weight is 413 g/mol. The predicted molar refractivity (Wildman–Crippen MR) is 102 cm³/mol. The summed E-state index contributed by atoms with van der Waals surface area (Å²) in [5.74, 6) is -1.10. The summed E-state index contributed by atoms with van der Waals surface area (Å²) in [6.45, 7) is 2.63. The van der Waals surface area contributed by atoms with Gasteiger partial charge in [0, 0.05) is 25.0 Å². The third kappa shape index (κ3) is 6.60. The molecule has 1 aliphatic heterocycles. The van der Waals surface area contributed by atoms with E-state index in [0.29, 0.717) is 12.2 Å². The zero-order valence-corrected chi connectivity index (χ0v) is 16.6. The number of carbonyl (C=O) groups excluding carboxylic acids is 2. The first-order chi connectivity index (χ1) is 13.4. The highest BCUT2D eigenvalue weighted by molar-refractivity contribution is 6.25. The van der Waals surface area contributed by atoms with E-state index in [9.17, 15) is 14.7 Å². The van der Waals surface area contributed by atoms with Gasteiger partial charge in [-0.2, -0.15) is 0 Å². The van der Waals surface area contributed by atoms with Crippen LogP contribution in [0.5, 0.6) is 0 Å². The Morgan fingerprint density at radius 2 is 1.93 bits per heavy atom. The number of hydrogen-bond donors (Lipinski definition) is 1. The van der Waals surface area contributed by atoms with Gasteiger partial charge in [-0.05, 0) is 18.4 Å². The van der Waals surface area contributed by atoms with Crippen LogP contribution >= 0.6 is 11.6 Å². The van der Waals surface area contributed by atoms with E-state index in [-0.39, 0.29) is 6.61 Å². The number of benzene rings is 1. The Labute approximate surface area is 169 Å². The van der Waals surface area contributed by atoms with Crippen molar-refractivity contribution >= 4 is 23.5 Å². The van der Waals surface area contributed by atoms with Crippen molar-refractivity contribution in [1.82, 2.24) is 0 Å². The first kappa shape index (κ1) is 22.4. The minimum atomic E-state index is -1.25. The molecule has 28 heavy (non-hydrogen) atoms. The molecule has 4 atom stereocenters. The van der Waals surface area contributed by atoms with Crippen molar-refractivity contribution in [2.75, 3.05) is 13.2 Å². The van der Waals surface area contributed by atoms with Gasteiger partial charge in [0.25, 0.3) is 0 Å². The number of halogens is 1. The Hall–Kier alpha value is -1.93. The molecule has 154 valence electrons. The average Bonchev–Trinajstić information content (AvgIpc) is 2.66. The summed E-state index contributed by atoms with van der Waals surface area (Å²) >= 11 is 5.89. The van der Waals surface area contributed by atoms with Gasteiger partial charge in [-0.15, -0.1) is 0 Å². The van der Waals surface area contributed by atoms with Gasteiger partial charge in [0.1, 0.15) is 18.8 Å². The smallest absolute Gasteiger partial charge is 0.303 e. The number of aliphatic hydroxyl groups is 1. The fraction of sp³-hybridized carbons (Fsp3) is 0.500. The second-order valence-electron chi connectivity index (χ2n) is 6.40. The Kier molecular flexibility index (Phi) is 8.92. The molecule has 0 amide bonds. The van der Waals surface area contributed by atoms with Crippen LogP contribution in [0.4, 0.5) is 0 Å². The summed E-state index contributed by atoms with van der Waals surface area (Å²) in [6, 6.07) is 9.96. The summed E-state index contributed by atoms with van der Waals surface area (Å²) < 4.78 is 21.7. The van der Waals surface area contributed by atoms with Crippen LogP contribution < -0.4 is 0 Å². The van der Waals surface area contributed by atoms with Gasteiger partial charge in [0.15, 0.2) is 12.4 Å². The molecule has 1 aromatic carbocycles. The lowest BCUT2D eigenvalue weighted by atomic mass is 9.97. The minimum Gasteiger partial charge on any atom is -0.463 e. The molecule has 2 unspecified atom stereocenters. The molecule has 1 N–H and O–H groups in total. The van der Waals surface area contributed by atoms with Crippen LogP contribution in [0, 0.1) is 0 Å². The zero-order valence-electron chi connectivity index (χ0n) is 15.9. The fourth-order valence-electron chi connectivity index (χ4n) is 2.86. The van der Waals surface area contributed by atoms with E-state index in [1.54, 1.807) is 0 Å². The van der Waals surface area contributed by atoms with E-state index in [1.807, 2.05) is 30.3 Å². The second-order valence-corrected chi connectivity index (χ2v) is 6.62. The Bertz CT molecular complexity index is 676. The van der Waals surface area contributed by atoms with E-state index < -0.39 is 36.5 Å². The molecule has 1 fully saturated rings. The maximum atomic E-state index is 11.4. The van der Waals surface area contributed by atoms with Crippen molar-refractivity contribution < 1.29 is 33.6 Å². The van der Waals surface area contributed by atoms with Crippen LogP contribution in [0.15, 0.2) is 41.4 Å². The van der Waals surface area contributed by atoms with E-state index in [4.69, 9.17) is 30.5 Å². The third-order valence-electron chi connectivity index (χ3n) is 4.18. The summed E-state index contributed by atoms with van der Waals surface area (Å²) in [4.78, 5) is 22.5. The number of ether oxygens (including phenoxy) is 4. The molecule has 2 rings (SSSR count). The molecule has 1 heterocycles. The molecule has 1 saturated heterocycles. The van der Waals surface area contributed by atoms with Crippen LogP contribution in [0.2, 0.25) is 0 Å². The molecule has 0 aliphatic carbocycles. The van der Waals surface area contributed by atoms with Gasteiger partial charge in [-0.25, -0.2) is 0 Å². The minimum absolute atomic E-state index is 0.201. The molecule has 1 aromatic rings. The molecular weight excluding hydrogens is 388 g/mol.